The summed E-state index contributed by atoms with van der Waals surface area (Å²) < 4.78 is 1.80. The first kappa shape index (κ1) is 17.5. The summed E-state index contributed by atoms with van der Waals surface area (Å²) in [7, 11) is 0. The normalized spacial score (nSPS) is 23.8. The van der Waals surface area contributed by atoms with E-state index in [2.05, 4.69) is 15.3 Å². The topological polar surface area (TPSA) is 50.2 Å². The molecule has 1 aromatic heterocycles. The summed E-state index contributed by atoms with van der Waals surface area (Å²) in [6.45, 7) is 6.91. The van der Waals surface area contributed by atoms with Crippen LogP contribution in [0.5, 0.6) is 0 Å². The first-order chi connectivity index (χ1) is 11.7. The molecule has 1 saturated carbocycles. The van der Waals surface area contributed by atoms with Crippen molar-refractivity contribution in [3.63, 3.8) is 0 Å². The Hall–Kier alpha value is -1.36. The summed E-state index contributed by atoms with van der Waals surface area (Å²) in [5.74, 6) is 0.0326. The summed E-state index contributed by atoms with van der Waals surface area (Å²) in [4.78, 5) is 15.3. The maximum Gasteiger partial charge on any atom is 0.269 e. The van der Waals surface area contributed by atoms with Crippen molar-refractivity contribution in [3.05, 3.63) is 17.5 Å². The summed E-state index contributed by atoms with van der Waals surface area (Å²) in [5.41, 5.74) is 1.60. The highest BCUT2D eigenvalue weighted by molar-refractivity contribution is 5.92. The van der Waals surface area contributed by atoms with Gasteiger partial charge in [-0.1, -0.05) is 25.7 Å². The highest BCUT2D eigenvalue weighted by Crippen LogP contribution is 2.24. The molecule has 0 aromatic carbocycles. The van der Waals surface area contributed by atoms with E-state index in [1.54, 1.807) is 4.68 Å². The van der Waals surface area contributed by atoms with Crippen molar-refractivity contribution < 1.29 is 4.79 Å². The highest BCUT2D eigenvalue weighted by atomic mass is 16.2. The largest absolute Gasteiger partial charge is 0.347 e. The fourth-order valence-electron chi connectivity index (χ4n) is 4.31. The van der Waals surface area contributed by atoms with E-state index < -0.39 is 0 Å². The summed E-state index contributed by atoms with van der Waals surface area (Å²) in [6.07, 6.45) is 10.5. The van der Waals surface area contributed by atoms with Crippen LogP contribution in [0.2, 0.25) is 0 Å². The maximum atomic E-state index is 12.7. The molecule has 2 heterocycles. The molecule has 0 spiro atoms. The molecule has 134 valence electrons. The van der Waals surface area contributed by atoms with E-state index in [0.29, 0.717) is 5.69 Å². The lowest BCUT2D eigenvalue weighted by atomic mass is 10.00. The van der Waals surface area contributed by atoms with Gasteiger partial charge in [0.2, 0.25) is 0 Å². The van der Waals surface area contributed by atoms with Gasteiger partial charge in [-0.2, -0.15) is 5.10 Å². The van der Waals surface area contributed by atoms with E-state index in [0.717, 1.165) is 31.2 Å². The Morgan fingerprint density at radius 2 is 1.96 bits per heavy atom. The zero-order valence-corrected chi connectivity index (χ0v) is 15.3. The zero-order chi connectivity index (χ0) is 16.9. The van der Waals surface area contributed by atoms with Crippen LogP contribution in [0.3, 0.4) is 0 Å². The molecule has 1 atom stereocenters. The van der Waals surface area contributed by atoms with E-state index in [-0.39, 0.29) is 11.9 Å². The Balaban J connectivity index is 1.59. The van der Waals surface area contributed by atoms with Crippen LogP contribution in [-0.2, 0) is 6.54 Å². The molecule has 1 aliphatic carbocycles. The van der Waals surface area contributed by atoms with Gasteiger partial charge in [0.25, 0.3) is 5.91 Å². The number of likely N-dealkylation sites (tertiary alicyclic amines) is 1. The van der Waals surface area contributed by atoms with Gasteiger partial charge in [0.15, 0.2) is 0 Å². The number of carbonyl (C=O) groups is 1. The zero-order valence-electron chi connectivity index (χ0n) is 15.3. The van der Waals surface area contributed by atoms with Crippen LogP contribution < -0.4 is 5.32 Å². The van der Waals surface area contributed by atoms with E-state index in [1.807, 2.05) is 19.9 Å². The number of aryl methyl sites for hydroxylation is 2. The van der Waals surface area contributed by atoms with Crippen LogP contribution in [0.4, 0.5) is 0 Å². The predicted octanol–water partition coefficient (Wildman–Crippen LogP) is 3.13. The van der Waals surface area contributed by atoms with Crippen molar-refractivity contribution in [3.8, 4) is 0 Å². The van der Waals surface area contributed by atoms with E-state index >= 15 is 0 Å². The third kappa shape index (κ3) is 4.18. The first-order valence-corrected chi connectivity index (χ1v) is 9.76. The van der Waals surface area contributed by atoms with Crippen LogP contribution >= 0.6 is 0 Å². The molecule has 5 heteroatoms. The average molecular weight is 332 g/mol. The summed E-state index contributed by atoms with van der Waals surface area (Å²) in [5, 5.41) is 7.65. The van der Waals surface area contributed by atoms with Crippen molar-refractivity contribution in [2.45, 2.75) is 83.8 Å². The molecule has 1 amide bonds. The molecule has 24 heavy (non-hydrogen) atoms. The van der Waals surface area contributed by atoms with Crippen LogP contribution in [-0.4, -0.2) is 45.8 Å². The molecule has 0 bridgehead atoms. The van der Waals surface area contributed by atoms with Gasteiger partial charge in [-0.15, -0.1) is 0 Å². The third-order valence-corrected chi connectivity index (χ3v) is 5.56. The van der Waals surface area contributed by atoms with Crippen LogP contribution in [0, 0.1) is 6.92 Å². The van der Waals surface area contributed by atoms with Gasteiger partial charge in [0, 0.05) is 25.2 Å². The second-order valence-electron chi connectivity index (χ2n) is 7.44. The van der Waals surface area contributed by atoms with Gasteiger partial charge in [-0.25, -0.2) is 0 Å². The monoisotopic (exact) mass is 332 g/mol. The van der Waals surface area contributed by atoms with Gasteiger partial charge in [0.05, 0.1) is 5.69 Å². The van der Waals surface area contributed by atoms with E-state index in [1.165, 1.54) is 51.5 Å². The molecule has 5 nitrogen and oxygen atoms in total. The lowest BCUT2D eigenvalue weighted by molar-refractivity contribution is 0.0850. The molecule has 0 unspecified atom stereocenters. The molecule has 0 radical (unpaired) electrons. The SMILES string of the molecule is CCn1nc(C)cc1C(=O)N[C@@H]1CCCN(C2CCCCCC2)C1. The molecule has 1 N–H and O–H groups in total. The summed E-state index contributed by atoms with van der Waals surface area (Å²) >= 11 is 0. The van der Waals surface area contributed by atoms with Crippen molar-refractivity contribution in [2.75, 3.05) is 13.1 Å². The maximum absolute atomic E-state index is 12.7. The Labute approximate surface area is 145 Å². The number of hydrogen-bond donors (Lipinski definition) is 1. The molecule has 2 fully saturated rings. The standard InChI is InChI=1S/C19H32N4O/c1-3-23-18(13-15(2)21-23)19(24)20-16-9-8-12-22(14-16)17-10-6-4-5-7-11-17/h13,16-17H,3-12,14H2,1-2H3,(H,20,24)/t16-/m1/s1. The number of aromatic nitrogens is 2. The molecule has 1 aliphatic heterocycles. The van der Waals surface area contributed by atoms with Crippen LogP contribution in [0.15, 0.2) is 6.07 Å². The second kappa shape index (κ2) is 8.15. The van der Waals surface area contributed by atoms with Gasteiger partial charge < -0.3 is 5.32 Å². The number of nitrogens with one attached hydrogen (secondary N) is 1. The smallest absolute Gasteiger partial charge is 0.269 e. The second-order valence-corrected chi connectivity index (χ2v) is 7.44. The van der Waals surface area contributed by atoms with Gasteiger partial charge in [-0.05, 0) is 52.1 Å². The van der Waals surface area contributed by atoms with Crippen LogP contribution in [0.1, 0.15) is 74.5 Å². The van der Waals surface area contributed by atoms with Gasteiger partial charge in [-0.3, -0.25) is 14.4 Å². The number of hydrogen-bond acceptors (Lipinski definition) is 3. The lowest BCUT2D eigenvalue weighted by Gasteiger charge is -2.38. The minimum Gasteiger partial charge on any atom is -0.347 e. The molecular formula is C19H32N4O. The van der Waals surface area contributed by atoms with Gasteiger partial charge >= 0.3 is 0 Å². The average Bonchev–Trinajstić information content (AvgIpc) is 2.79. The van der Waals surface area contributed by atoms with Crippen molar-refractivity contribution in [2.24, 2.45) is 0 Å². The first-order valence-electron chi connectivity index (χ1n) is 9.76. The van der Waals surface area contributed by atoms with E-state index in [9.17, 15) is 4.79 Å². The Morgan fingerprint density at radius 3 is 2.67 bits per heavy atom. The summed E-state index contributed by atoms with van der Waals surface area (Å²) in [6, 6.07) is 2.90. The van der Waals surface area contributed by atoms with Crippen molar-refractivity contribution in [1.82, 2.24) is 20.0 Å². The van der Waals surface area contributed by atoms with E-state index in [4.69, 9.17) is 0 Å². The number of piperidine rings is 1. The molecular weight excluding hydrogens is 300 g/mol. The van der Waals surface area contributed by atoms with Crippen molar-refractivity contribution >= 4 is 5.91 Å². The Bertz CT molecular complexity index is 546. The predicted molar refractivity (Wildman–Crippen MR) is 96.2 cm³/mol. The minimum atomic E-state index is 0.0326. The fourth-order valence-corrected chi connectivity index (χ4v) is 4.31. The lowest BCUT2D eigenvalue weighted by Crippen LogP contribution is -2.51. The number of carbonyl (C=O) groups excluding carboxylic acids is 1. The molecule has 3 rings (SSSR count). The van der Waals surface area contributed by atoms with Gasteiger partial charge in [0.1, 0.15) is 5.69 Å². The number of amides is 1. The third-order valence-electron chi connectivity index (χ3n) is 5.56. The van der Waals surface area contributed by atoms with Crippen LogP contribution in [0.25, 0.3) is 0 Å². The number of rotatable bonds is 4. The minimum absolute atomic E-state index is 0.0326. The fraction of sp³-hybridized carbons (Fsp3) is 0.789. The van der Waals surface area contributed by atoms with Crippen molar-refractivity contribution in [1.29, 1.82) is 0 Å². The molecule has 1 aromatic rings. The Morgan fingerprint density at radius 1 is 1.21 bits per heavy atom. The molecule has 1 saturated heterocycles. The quantitative estimate of drug-likeness (QED) is 0.862. The molecule has 2 aliphatic rings. The highest BCUT2D eigenvalue weighted by Gasteiger charge is 2.28. The number of nitrogens with zero attached hydrogens (tertiary/aromatic N) is 3. The Kier molecular flexibility index (Phi) is 5.93.